The van der Waals surface area contributed by atoms with Crippen LogP contribution in [0.3, 0.4) is 0 Å². The summed E-state index contributed by atoms with van der Waals surface area (Å²) in [6, 6.07) is 4.47. The van der Waals surface area contributed by atoms with E-state index < -0.39 is 0 Å². The number of carbonyl (C=O) groups is 1. The molecule has 0 bridgehead atoms. The molecule has 1 unspecified atom stereocenters. The lowest BCUT2D eigenvalue weighted by Gasteiger charge is -2.23. The Hall–Kier alpha value is -0.870. The Morgan fingerprint density at radius 1 is 1.50 bits per heavy atom. The molecule has 1 heterocycles. The van der Waals surface area contributed by atoms with Crippen molar-refractivity contribution in [1.29, 1.82) is 0 Å². The minimum atomic E-state index is 0.0742. The van der Waals surface area contributed by atoms with Crippen molar-refractivity contribution in [2.24, 2.45) is 0 Å². The lowest BCUT2D eigenvalue weighted by Crippen LogP contribution is -2.42. The molecule has 0 aliphatic carbocycles. The Bertz CT molecular complexity index is 360. The largest absolute Gasteiger partial charge is 0.353 e. The van der Waals surface area contributed by atoms with Gasteiger partial charge >= 0.3 is 0 Å². The Labute approximate surface area is 114 Å². The van der Waals surface area contributed by atoms with Gasteiger partial charge in [0.05, 0.1) is 6.54 Å². The van der Waals surface area contributed by atoms with Gasteiger partial charge in [-0.3, -0.25) is 4.79 Å². The van der Waals surface area contributed by atoms with Crippen LogP contribution in [0.15, 0.2) is 17.5 Å². The second-order valence-corrected chi connectivity index (χ2v) is 6.29. The molecule has 1 atom stereocenters. The highest BCUT2D eigenvalue weighted by molar-refractivity contribution is 7.10. The van der Waals surface area contributed by atoms with E-state index in [1.54, 1.807) is 11.3 Å². The zero-order valence-electron chi connectivity index (χ0n) is 11.7. The molecule has 2 N–H and O–H groups in total. The lowest BCUT2D eigenvalue weighted by atomic mass is 9.91. The molecule has 0 fully saturated rings. The highest BCUT2D eigenvalue weighted by Crippen LogP contribution is 2.26. The summed E-state index contributed by atoms with van der Waals surface area (Å²) in [4.78, 5) is 13.0. The number of amides is 1. The molecule has 0 aliphatic rings. The number of nitrogens with one attached hydrogen (secondary N) is 2. The van der Waals surface area contributed by atoms with E-state index in [4.69, 9.17) is 0 Å². The fourth-order valence-electron chi connectivity index (χ4n) is 1.67. The second-order valence-electron chi connectivity index (χ2n) is 5.34. The summed E-state index contributed by atoms with van der Waals surface area (Å²) in [5, 5.41) is 8.28. The molecule has 0 saturated carbocycles. The van der Waals surface area contributed by atoms with Crippen LogP contribution in [0.1, 0.15) is 39.0 Å². The molecule has 1 aromatic rings. The first-order chi connectivity index (χ1) is 8.45. The van der Waals surface area contributed by atoms with E-state index in [0.29, 0.717) is 6.54 Å². The van der Waals surface area contributed by atoms with Crippen LogP contribution < -0.4 is 10.6 Å². The standard InChI is InChI=1S/C14H24N2OS/c1-5-11(2)16-13(17)9-15-10-14(3,4)12-7-6-8-18-12/h6-8,11,15H,5,9-10H2,1-4H3,(H,16,17). The minimum absolute atomic E-state index is 0.0742. The summed E-state index contributed by atoms with van der Waals surface area (Å²) in [6.45, 7) is 9.67. The van der Waals surface area contributed by atoms with Gasteiger partial charge < -0.3 is 10.6 Å². The molecule has 102 valence electrons. The van der Waals surface area contributed by atoms with E-state index in [2.05, 4.69) is 48.9 Å². The normalized spacial score (nSPS) is 13.3. The van der Waals surface area contributed by atoms with Gasteiger partial charge in [0.1, 0.15) is 0 Å². The van der Waals surface area contributed by atoms with Gasteiger partial charge in [-0.1, -0.05) is 26.8 Å². The van der Waals surface area contributed by atoms with Gasteiger partial charge in [0, 0.05) is 22.9 Å². The molecule has 18 heavy (non-hydrogen) atoms. The zero-order valence-corrected chi connectivity index (χ0v) is 12.6. The smallest absolute Gasteiger partial charge is 0.234 e. The van der Waals surface area contributed by atoms with E-state index in [1.165, 1.54) is 4.88 Å². The van der Waals surface area contributed by atoms with Gasteiger partial charge in [-0.25, -0.2) is 0 Å². The zero-order chi connectivity index (χ0) is 13.6. The number of rotatable bonds is 7. The van der Waals surface area contributed by atoms with Crippen molar-refractivity contribution in [1.82, 2.24) is 10.6 Å². The summed E-state index contributed by atoms with van der Waals surface area (Å²) in [6.07, 6.45) is 0.965. The maximum absolute atomic E-state index is 11.6. The molecular weight excluding hydrogens is 244 g/mol. The van der Waals surface area contributed by atoms with E-state index >= 15 is 0 Å². The summed E-state index contributed by atoms with van der Waals surface area (Å²) in [7, 11) is 0. The van der Waals surface area contributed by atoms with Gasteiger partial charge in [0.15, 0.2) is 0 Å². The predicted octanol–water partition coefficient (Wildman–Crippen LogP) is 2.53. The molecule has 0 spiro atoms. The van der Waals surface area contributed by atoms with Crippen LogP contribution in [-0.2, 0) is 10.2 Å². The average Bonchev–Trinajstić information content (AvgIpc) is 2.82. The first-order valence-corrected chi connectivity index (χ1v) is 7.37. The third-order valence-electron chi connectivity index (χ3n) is 3.06. The van der Waals surface area contributed by atoms with Crippen molar-refractivity contribution in [3.05, 3.63) is 22.4 Å². The monoisotopic (exact) mass is 268 g/mol. The summed E-state index contributed by atoms with van der Waals surface area (Å²) in [5.74, 6) is 0.0753. The van der Waals surface area contributed by atoms with Crippen LogP contribution in [0.5, 0.6) is 0 Å². The number of carbonyl (C=O) groups excluding carboxylic acids is 1. The van der Waals surface area contributed by atoms with Crippen molar-refractivity contribution < 1.29 is 4.79 Å². The SMILES string of the molecule is CCC(C)NC(=O)CNCC(C)(C)c1cccs1. The molecule has 4 heteroatoms. The van der Waals surface area contributed by atoms with Crippen molar-refractivity contribution in [3.8, 4) is 0 Å². The third kappa shape index (κ3) is 4.78. The molecule has 0 aromatic carbocycles. The summed E-state index contributed by atoms with van der Waals surface area (Å²) < 4.78 is 0. The van der Waals surface area contributed by atoms with Crippen LogP contribution in [0.25, 0.3) is 0 Å². The van der Waals surface area contributed by atoms with Crippen molar-refractivity contribution in [2.45, 2.75) is 45.6 Å². The highest BCUT2D eigenvalue weighted by Gasteiger charge is 2.21. The topological polar surface area (TPSA) is 41.1 Å². The molecule has 1 rings (SSSR count). The highest BCUT2D eigenvalue weighted by atomic mass is 32.1. The predicted molar refractivity (Wildman–Crippen MR) is 78.1 cm³/mol. The fraction of sp³-hybridized carbons (Fsp3) is 0.643. The maximum Gasteiger partial charge on any atom is 0.234 e. The average molecular weight is 268 g/mol. The van der Waals surface area contributed by atoms with Gasteiger partial charge in [0.25, 0.3) is 0 Å². The van der Waals surface area contributed by atoms with Crippen LogP contribution in [0.4, 0.5) is 0 Å². The second kappa shape index (κ2) is 6.90. The van der Waals surface area contributed by atoms with Crippen molar-refractivity contribution >= 4 is 17.2 Å². The maximum atomic E-state index is 11.6. The van der Waals surface area contributed by atoms with Crippen LogP contribution in [-0.4, -0.2) is 25.0 Å². The molecule has 1 amide bonds. The van der Waals surface area contributed by atoms with Gasteiger partial charge in [-0.2, -0.15) is 0 Å². The number of hydrogen-bond acceptors (Lipinski definition) is 3. The molecular formula is C14H24N2OS. The summed E-state index contributed by atoms with van der Waals surface area (Å²) >= 11 is 1.76. The van der Waals surface area contributed by atoms with Gasteiger partial charge in [0.2, 0.25) is 5.91 Å². The Balaban J connectivity index is 2.31. The number of hydrogen-bond donors (Lipinski definition) is 2. The Kier molecular flexibility index (Phi) is 5.82. The molecule has 0 radical (unpaired) electrons. The van der Waals surface area contributed by atoms with E-state index in [0.717, 1.165) is 13.0 Å². The lowest BCUT2D eigenvalue weighted by molar-refractivity contribution is -0.120. The van der Waals surface area contributed by atoms with Gasteiger partial charge in [-0.05, 0) is 24.8 Å². The first kappa shape index (κ1) is 15.2. The summed E-state index contributed by atoms with van der Waals surface area (Å²) in [5.41, 5.74) is 0.0742. The van der Waals surface area contributed by atoms with E-state index in [-0.39, 0.29) is 17.4 Å². The molecule has 0 saturated heterocycles. The number of thiophene rings is 1. The van der Waals surface area contributed by atoms with Crippen molar-refractivity contribution in [2.75, 3.05) is 13.1 Å². The van der Waals surface area contributed by atoms with Crippen LogP contribution >= 0.6 is 11.3 Å². The van der Waals surface area contributed by atoms with Crippen LogP contribution in [0, 0.1) is 0 Å². The Morgan fingerprint density at radius 2 is 2.22 bits per heavy atom. The van der Waals surface area contributed by atoms with Crippen LogP contribution in [0.2, 0.25) is 0 Å². The van der Waals surface area contributed by atoms with E-state index in [1.807, 2.05) is 6.92 Å². The third-order valence-corrected chi connectivity index (χ3v) is 4.30. The Morgan fingerprint density at radius 3 is 2.78 bits per heavy atom. The van der Waals surface area contributed by atoms with Crippen molar-refractivity contribution in [3.63, 3.8) is 0 Å². The molecule has 3 nitrogen and oxygen atoms in total. The van der Waals surface area contributed by atoms with Gasteiger partial charge in [-0.15, -0.1) is 11.3 Å². The fourth-order valence-corrected chi connectivity index (χ4v) is 2.52. The first-order valence-electron chi connectivity index (χ1n) is 6.49. The quantitative estimate of drug-likeness (QED) is 0.798. The van der Waals surface area contributed by atoms with E-state index in [9.17, 15) is 4.79 Å². The minimum Gasteiger partial charge on any atom is -0.353 e. The molecule has 0 aliphatic heterocycles. The molecule has 1 aromatic heterocycles.